The molecule has 5 rings (SSSR count). The molecule has 1 atom stereocenters. The predicted octanol–water partition coefficient (Wildman–Crippen LogP) is 5.50. The van der Waals surface area contributed by atoms with Gasteiger partial charge in [0.05, 0.1) is 7.11 Å². The first-order valence-electron chi connectivity index (χ1n) is 12.0. The maximum atomic E-state index is 14.0. The molecule has 3 aromatic rings. The number of carboxylic acid groups (broad SMARTS) is 1. The molecule has 2 N–H and O–H groups in total. The number of hydrogen-bond donors (Lipinski definition) is 2. The van der Waals surface area contributed by atoms with Crippen molar-refractivity contribution < 1.29 is 19.0 Å². The number of H-pyrrole nitrogens is 1. The molecule has 3 heterocycles. The van der Waals surface area contributed by atoms with E-state index in [2.05, 4.69) is 27.0 Å². The smallest absolute Gasteiger partial charge is 0.303 e. The van der Waals surface area contributed by atoms with Crippen LogP contribution in [0.25, 0.3) is 27.7 Å². The van der Waals surface area contributed by atoms with E-state index in [1.165, 1.54) is 17.7 Å². The summed E-state index contributed by atoms with van der Waals surface area (Å²) < 4.78 is 19.5. The number of nitrogens with one attached hydrogen (secondary N) is 1. The Labute approximate surface area is 198 Å². The van der Waals surface area contributed by atoms with Crippen molar-refractivity contribution in [3.8, 4) is 16.9 Å². The number of benzene rings is 1. The molecule has 1 unspecified atom stereocenters. The molecule has 6 nitrogen and oxygen atoms in total. The van der Waals surface area contributed by atoms with E-state index in [1.54, 1.807) is 19.4 Å². The van der Waals surface area contributed by atoms with Crippen LogP contribution in [0.2, 0.25) is 0 Å². The number of fused-ring (bicyclic) bond motifs is 1. The quantitative estimate of drug-likeness (QED) is 0.505. The van der Waals surface area contributed by atoms with Gasteiger partial charge in [0, 0.05) is 35.3 Å². The van der Waals surface area contributed by atoms with Crippen LogP contribution < -0.4 is 4.74 Å². The lowest BCUT2D eigenvalue weighted by Gasteiger charge is -2.38. The van der Waals surface area contributed by atoms with Crippen LogP contribution >= 0.6 is 0 Å². The van der Waals surface area contributed by atoms with Crippen molar-refractivity contribution in [3.63, 3.8) is 0 Å². The molecule has 0 bridgehead atoms. The molecule has 0 spiro atoms. The number of hydrogen-bond acceptors (Lipinski definition) is 4. The number of ether oxygens (including phenoxy) is 1. The normalized spacial score (nSPS) is 19.8. The van der Waals surface area contributed by atoms with E-state index in [9.17, 15) is 9.18 Å². The molecule has 2 aliphatic rings. The fraction of sp³-hybridized carbons (Fsp3) is 0.407. The van der Waals surface area contributed by atoms with Crippen molar-refractivity contribution in [1.82, 2.24) is 14.9 Å². The Morgan fingerprint density at radius 3 is 2.74 bits per heavy atom. The van der Waals surface area contributed by atoms with Gasteiger partial charge in [-0.15, -0.1) is 0 Å². The molecule has 7 heteroatoms. The van der Waals surface area contributed by atoms with E-state index >= 15 is 0 Å². The highest BCUT2D eigenvalue weighted by molar-refractivity contribution is 5.96. The SMILES string of the molecule is COc1ccc(F)cc1-c1ccnc2[nH]c(C3=CCC(N4CCC(CC(=O)O)CC4)CC3)cc12. The number of allylic oxidation sites excluding steroid dienone is 1. The van der Waals surface area contributed by atoms with Crippen LogP contribution in [0.1, 0.15) is 44.2 Å². The lowest BCUT2D eigenvalue weighted by Crippen LogP contribution is -2.42. The minimum Gasteiger partial charge on any atom is -0.496 e. The molecule has 1 aliphatic carbocycles. The third kappa shape index (κ3) is 4.57. The number of pyridine rings is 1. The van der Waals surface area contributed by atoms with Crippen LogP contribution in [0.5, 0.6) is 5.75 Å². The van der Waals surface area contributed by atoms with Gasteiger partial charge in [-0.1, -0.05) is 6.08 Å². The van der Waals surface area contributed by atoms with Crippen LogP contribution in [-0.4, -0.2) is 52.2 Å². The van der Waals surface area contributed by atoms with Crippen molar-refractivity contribution in [2.24, 2.45) is 5.92 Å². The second-order valence-corrected chi connectivity index (χ2v) is 9.38. The Morgan fingerprint density at radius 2 is 2.03 bits per heavy atom. The van der Waals surface area contributed by atoms with Crippen molar-refractivity contribution in [2.45, 2.75) is 44.6 Å². The maximum Gasteiger partial charge on any atom is 0.303 e. The third-order valence-corrected chi connectivity index (χ3v) is 7.34. The number of aromatic nitrogens is 2. The summed E-state index contributed by atoms with van der Waals surface area (Å²) in [6, 6.07) is 9.09. The number of carbonyl (C=O) groups is 1. The first-order valence-corrected chi connectivity index (χ1v) is 12.0. The van der Waals surface area contributed by atoms with Gasteiger partial charge in [0.2, 0.25) is 0 Å². The maximum absolute atomic E-state index is 14.0. The summed E-state index contributed by atoms with van der Waals surface area (Å²) in [4.78, 5) is 21.5. The average Bonchev–Trinajstić information content (AvgIpc) is 3.29. The topological polar surface area (TPSA) is 78.5 Å². The van der Waals surface area contributed by atoms with Gasteiger partial charge in [0.25, 0.3) is 0 Å². The number of aliphatic carboxylic acids is 1. The van der Waals surface area contributed by atoms with Gasteiger partial charge in [0.15, 0.2) is 0 Å². The Kier molecular flexibility index (Phi) is 6.37. The number of piperidine rings is 1. The molecule has 0 radical (unpaired) electrons. The fourth-order valence-electron chi connectivity index (χ4n) is 5.49. The highest BCUT2D eigenvalue weighted by Crippen LogP contribution is 2.38. The van der Waals surface area contributed by atoms with E-state index in [0.717, 1.165) is 67.5 Å². The van der Waals surface area contributed by atoms with Crippen molar-refractivity contribution in [2.75, 3.05) is 20.2 Å². The highest BCUT2D eigenvalue weighted by Gasteiger charge is 2.28. The number of nitrogens with zero attached hydrogens (tertiary/aromatic N) is 2. The summed E-state index contributed by atoms with van der Waals surface area (Å²) in [5, 5.41) is 9.99. The van der Waals surface area contributed by atoms with Gasteiger partial charge in [-0.3, -0.25) is 4.79 Å². The minimum atomic E-state index is -0.685. The van der Waals surface area contributed by atoms with Crippen LogP contribution in [0.4, 0.5) is 4.39 Å². The monoisotopic (exact) mass is 463 g/mol. The fourth-order valence-corrected chi connectivity index (χ4v) is 5.49. The zero-order chi connectivity index (χ0) is 23.7. The molecule has 1 saturated heterocycles. The van der Waals surface area contributed by atoms with Gasteiger partial charge in [-0.05, 0) is 92.6 Å². The number of likely N-dealkylation sites (tertiary alicyclic amines) is 1. The van der Waals surface area contributed by atoms with Gasteiger partial charge in [-0.25, -0.2) is 9.37 Å². The molecule has 1 aliphatic heterocycles. The van der Waals surface area contributed by atoms with Gasteiger partial charge in [-0.2, -0.15) is 0 Å². The summed E-state index contributed by atoms with van der Waals surface area (Å²) >= 11 is 0. The molecule has 1 aromatic carbocycles. The van der Waals surface area contributed by atoms with Crippen LogP contribution in [0.15, 0.2) is 42.6 Å². The molecule has 178 valence electrons. The summed E-state index contributed by atoms with van der Waals surface area (Å²) in [5.41, 5.74) is 4.73. The van der Waals surface area contributed by atoms with Crippen molar-refractivity contribution >= 4 is 22.6 Å². The van der Waals surface area contributed by atoms with E-state index in [4.69, 9.17) is 9.84 Å². The van der Waals surface area contributed by atoms with Gasteiger partial charge < -0.3 is 19.7 Å². The number of aromatic amines is 1. The van der Waals surface area contributed by atoms with E-state index < -0.39 is 5.97 Å². The number of methoxy groups -OCH3 is 1. The van der Waals surface area contributed by atoms with Crippen LogP contribution in [-0.2, 0) is 4.79 Å². The molecule has 2 aromatic heterocycles. The summed E-state index contributed by atoms with van der Waals surface area (Å²) in [6.07, 6.45) is 9.35. The number of rotatable bonds is 6. The van der Waals surface area contributed by atoms with Crippen LogP contribution in [0.3, 0.4) is 0 Å². The molecular formula is C27H30FN3O3. The third-order valence-electron chi connectivity index (χ3n) is 7.34. The highest BCUT2D eigenvalue weighted by atomic mass is 19.1. The Balaban J connectivity index is 1.33. The van der Waals surface area contributed by atoms with E-state index in [0.29, 0.717) is 29.7 Å². The van der Waals surface area contributed by atoms with E-state index in [1.807, 2.05) is 6.07 Å². The summed E-state index contributed by atoms with van der Waals surface area (Å²) in [5.74, 6) is -0.0447. The molecular weight excluding hydrogens is 433 g/mol. The zero-order valence-electron chi connectivity index (χ0n) is 19.4. The number of halogens is 1. The largest absolute Gasteiger partial charge is 0.496 e. The Bertz CT molecular complexity index is 1230. The second kappa shape index (κ2) is 9.58. The van der Waals surface area contributed by atoms with Crippen molar-refractivity contribution in [3.05, 3.63) is 54.1 Å². The summed E-state index contributed by atoms with van der Waals surface area (Å²) in [6.45, 7) is 1.97. The lowest BCUT2D eigenvalue weighted by atomic mass is 9.88. The molecule has 0 saturated carbocycles. The second-order valence-electron chi connectivity index (χ2n) is 9.38. The van der Waals surface area contributed by atoms with Crippen LogP contribution in [0, 0.1) is 11.7 Å². The zero-order valence-corrected chi connectivity index (χ0v) is 19.4. The predicted molar refractivity (Wildman–Crippen MR) is 130 cm³/mol. The first-order chi connectivity index (χ1) is 16.5. The van der Waals surface area contributed by atoms with E-state index in [-0.39, 0.29) is 5.82 Å². The van der Waals surface area contributed by atoms with Gasteiger partial charge in [0.1, 0.15) is 17.2 Å². The molecule has 0 amide bonds. The first kappa shape index (κ1) is 22.6. The van der Waals surface area contributed by atoms with Crippen molar-refractivity contribution in [1.29, 1.82) is 0 Å². The number of carboxylic acids is 1. The summed E-state index contributed by atoms with van der Waals surface area (Å²) in [7, 11) is 1.59. The Morgan fingerprint density at radius 1 is 1.21 bits per heavy atom. The Hall–Kier alpha value is -3.19. The average molecular weight is 464 g/mol. The standard InChI is InChI=1S/C27H30FN3O3/c1-34-25-7-4-19(28)15-22(25)21-8-11-29-27-23(21)16-24(30-27)18-2-5-20(6-3-18)31-12-9-17(10-13-31)14-26(32)33/h2,4,7-8,11,15-17,20H,3,5-6,9-10,12-14H2,1H3,(H,29,30)(H,32,33). The molecule has 1 fully saturated rings. The van der Waals surface area contributed by atoms with Gasteiger partial charge >= 0.3 is 5.97 Å². The minimum absolute atomic E-state index is 0.292. The lowest BCUT2D eigenvalue weighted by molar-refractivity contribution is -0.138. The molecule has 34 heavy (non-hydrogen) atoms.